The summed E-state index contributed by atoms with van der Waals surface area (Å²) in [4.78, 5) is 21.5. The zero-order valence-corrected chi connectivity index (χ0v) is 19.8. The van der Waals surface area contributed by atoms with Gasteiger partial charge in [-0.2, -0.15) is 0 Å². The van der Waals surface area contributed by atoms with E-state index in [1.165, 1.54) is 16.5 Å². The van der Waals surface area contributed by atoms with E-state index in [-0.39, 0.29) is 24.0 Å². The maximum absolute atomic E-state index is 4.89. The minimum atomic E-state index is 0. The van der Waals surface area contributed by atoms with Crippen LogP contribution in [0.15, 0.2) is 53.9 Å². The van der Waals surface area contributed by atoms with Crippen LogP contribution >= 0.6 is 24.0 Å². The standard InChI is InChI=1S/C22H29N7.HI/c1-2-23-21(28-13-15-29(16-14-28)22-25-11-6-12-26-22)24-10-5-7-18-17-27-20-9-4-3-8-19(18)20;/h3-4,6,8-9,11-12,17,27H,2,5,7,10,13-16H2,1H3,(H,23,24);1H. The molecule has 4 rings (SSSR count). The van der Waals surface area contributed by atoms with E-state index in [4.69, 9.17) is 4.99 Å². The molecule has 2 N–H and O–H groups in total. The third-order valence-corrected chi connectivity index (χ3v) is 5.29. The van der Waals surface area contributed by atoms with Crippen molar-refractivity contribution >= 4 is 46.8 Å². The van der Waals surface area contributed by atoms with Crippen molar-refractivity contribution in [1.29, 1.82) is 0 Å². The van der Waals surface area contributed by atoms with Crippen LogP contribution in [0.1, 0.15) is 18.9 Å². The first-order valence-electron chi connectivity index (χ1n) is 10.5. The fraction of sp³-hybridized carbons (Fsp3) is 0.409. The summed E-state index contributed by atoms with van der Waals surface area (Å²) in [7, 11) is 0. The topological polar surface area (TPSA) is 72.4 Å². The second-order valence-electron chi connectivity index (χ2n) is 7.22. The average molecular weight is 519 g/mol. The molecule has 0 saturated carbocycles. The molecular formula is C22H30IN7. The lowest BCUT2D eigenvalue weighted by Gasteiger charge is -2.36. The number of guanidine groups is 1. The third kappa shape index (κ3) is 5.41. The Kier molecular flexibility index (Phi) is 8.30. The number of hydrogen-bond acceptors (Lipinski definition) is 4. The number of nitrogens with one attached hydrogen (secondary N) is 2. The summed E-state index contributed by atoms with van der Waals surface area (Å²) in [6, 6.07) is 10.3. The van der Waals surface area contributed by atoms with E-state index < -0.39 is 0 Å². The molecule has 0 atom stereocenters. The number of halogens is 1. The van der Waals surface area contributed by atoms with Gasteiger partial charge >= 0.3 is 0 Å². The lowest BCUT2D eigenvalue weighted by atomic mass is 10.1. The quantitative estimate of drug-likeness (QED) is 0.226. The number of piperazine rings is 1. The summed E-state index contributed by atoms with van der Waals surface area (Å²) < 4.78 is 0. The number of H-pyrrole nitrogens is 1. The number of aromatic amines is 1. The Morgan fingerprint density at radius 1 is 1.10 bits per heavy atom. The van der Waals surface area contributed by atoms with Gasteiger partial charge in [0.25, 0.3) is 0 Å². The van der Waals surface area contributed by atoms with E-state index in [1.807, 2.05) is 6.07 Å². The molecule has 0 radical (unpaired) electrons. The van der Waals surface area contributed by atoms with Crippen LogP contribution < -0.4 is 10.2 Å². The minimum absolute atomic E-state index is 0. The van der Waals surface area contributed by atoms with Crippen LogP contribution in [0.3, 0.4) is 0 Å². The van der Waals surface area contributed by atoms with E-state index in [9.17, 15) is 0 Å². The SMILES string of the molecule is CCNC(=NCCCc1c[nH]c2ccccc12)N1CCN(c2ncccn2)CC1.I. The van der Waals surface area contributed by atoms with Crippen molar-refractivity contribution in [3.8, 4) is 0 Å². The molecule has 1 aliphatic heterocycles. The molecule has 0 aliphatic carbocycles. The van der Waals surface area contributed by atoms with Crippen molar-refractivity contribution in [2.45, 2.75) is 19.8 Å². The Morgan fingerprint density at radius 3 is 2.63 bits per heavy atom. The zero-order valence-electron chi connectivity index (χ0n) is 17.4. The number of benzene rings is 1. The molecule has 1 aromatic carbocycles. The van der Waals surface area contributed by atoms with E-state index in [0.717, 1.165) is 64.0 Å². The Labute approximate surface area is 195 Å². The highest BCUT2D eigenvalue weighted by Gasteiger charge is 2.20. The van der Waals surface area contributed by atoms with Crippen LogP contribution in [0.25, 0.3) is 10.9 Å². The molecule has 1 fully saturated rings. The Hall–Kier alpha value is -2.36. The Balaban J connectivity index is 0.00000256. The lowest BCUT2D eigenvalue weighted by Crippen LogP contribution is -2.53. The fourth-order valence-corrected chi connectivity index (χ4v) is 3.79. The van der Waals surface area contributed by atoms with Gasteiger partial charge in [-0.3, -0.25) is 4.99 Å². The van der Waals surface area contributed by atoms with Gasteiger partial charge in [0.1, 0.15) is 0 Å². The van der Waals surface area contributed by atoms with Crippen LogP contribution in [-0.2, 0) is 6.42 Å². The first-order valence-corrected chi connectivity index (χ1v) is 10.5. The largest absolute Gasteiger partial charge is 0.361 e. The van der Waals surface area contributed by atoms with E-state index in [2.05, 4.69) is 67.5 Å². The lowest BCUT2D eigenvalue weighted by molar-refractivity contribution is 0.370. The predicted octanol–water partition coefficient (Wildman–Crippen LogP) is 3.30. The van der Waals surface area contributed by atoms with Gasteiger partial charge in [-0.1, -0.05) is 18.2 Å². The molecule has 3 aromatic rings. The molecule has 3 heterocycles. The van der Waals surface area contributed by atoms with Crippen LogP contribution in [0.4, 0.5) is 5.95 Å². The van der Waals surface area contributed by atoms with Crippen molar-refractivity contribution in [3.05, 3.63) is 54.5 Å². The summed E-state index contributed by atoms with van der Waals surface area (Å²) in [5, 5.41) is 4.77. The van der Waals surface area contributed by atoms with Crippen LogP contribution in [0.2, 0.25) is 0 Å². The fourth-order valence-electron chi connectivity index (χ4n) is 3.79. The molecule has 8 heteroatoms. The smallest absolute Gasteiger partial charge is 0.225 e. The Bertz CT molecular complexity index is 933. The van der Waals surface area contributed by atoms with E-state index in [0.29, 0.717) is 0 Å². The molecule has 2 aromatic heterocycles. The van der Waals surface area contributed by atoms with Gasteiger partial charge in [-0.15, -0.1) is 24.0 Å². The van der Waals surface area contributed by atoms with E-state index >= 15 is 0 Å². The van der Waals surface area contributed by atoms with Gasteiger partial charge in [-0.25, -0.2) is 9.97 Å². The zero-order chi connectivity index (χ0) is 19.9. The maximum atomic E-state index is 4.89. The molecule has 1 aliphatic rings. The van der Waals surface area contributed by atoms with E-state index in [1.54, 1.807) is 12.4 Å². The molecule has 30 heavy (non-hydrogen) atoms. The Morgan fingerprint density at radius 2 is 1.87 bits per heavy atom. The first kappa shape index (κ1) is 22.3. The number of aliphatic imine (C=N–C) groups is 1. The second-order valence-corrected chi connectivity index (χ2v) is 7.22. The van der Waals surface area contributed by atoms with Gasteiger partial charge in [0, 0.05) is 68.8 Å². The number of anilines is 1. The summed E-state index contributed by atoms with van der Waals surface area (Å²) >= 11 is 0. The normalized spacial score (nSPS) is 14.6. The molecule has 1 saturated heterocycles. The van der Waals surface area contributed by atoms with Crippen molar-refractivity contribution in [2.75, 3.05) is 44.2 Å². The van der Waals surface area contributed by atoms with Crippen molar-refractivity contribution < 1.29 is 0 Å². The average Bonchev–Trinajstić information content (AvgIpc) is 3.20. The number of para-hydroxylation sites is 1. The number of rotatable bonds is 6. The van der Waals surface area contributed by atoms with Gasteiger partial charge in [0.2, 0.25) is 5.95 Å². The van der Waals surface area contributed by atoms with Gasteiger partial charge < -0.3 is 20.1 Å². The molecule has 0 spiro atoms. The number of fused-ring (bicyclic) bond motifs is 1. The first-order chi connectivity index (χ1) is 14.3. The number of hydrogen-bond donors (Lipinski definition) is 2. The maximum Gasteiger partial charge on any atom is 0.225 e. The highest BCUT2D eigenvalue weighted by atomic mass is 127. The minimum Gasteiger partial charge on any atom is -0.361 e. The highest BCUT2D eigenvalue weighted by Crippen LogP contribution is 2.19. The molecule has 0 amide bonds. The summed E-state index contributed by atoms with van der Waals surface area (Å²) in [5.74, 6) is 1.83. The summed E-state index contributed by atoms with van der Waals surface area (Å²) in [6.07, 6.45) is 7.80. The van der Waals surface area contributed by atoms with Crippen molar-refractivity contribution in [2.24, 2.45) is 4.99 Å². The summed E-state index contributed by atoms with van der Waals surface area (Å²) in [6.45, 7) is 7.48. The monoisotopic (exact) mass is 519 g/mol. The van der Waals surface area contributed by atoms with Crippen LogP contribution in [0, 0.1) is 0 Å². The second kappa shape index (κ2) is 11.1. The van der Waals surface area contributed by atoms with Crippen molar-refractivity contribution in [1.82, 2.24) is 25.2 Å². The summed E-state index contributed by atoms with van der Waals surface area (Å²) in [5.41, 5.74) is 2.58. The number of nitrogens with zero attached hydrogens (tertiary/aromatic N) is 5. The van der Waals surface area contributed by atoms with Gasteiger partial charge in [0.05, 0.1) is 0 Å². The van der Waals surface area contributed by atoms with Gasteiger partial charge in [-0.05, 0) is 37.5 Å². The molecule has 0 unspecified atom stereocenters. The number of aryl methyl sites for hydroxylation is 1. The molecule has 0 bridgehead atoms. The molecule has 7 nitrogen and oxygen atoms in total. The van der Waals surface area contributed by atoms with Crippen molar-refractivity contribution in [3.63, 3.8) is 0 Å². The van der Waals surface area contributed by atoms with Gasteiger partial charge in [0.15, 0.2) is 5.96 Å². The third-order valence-electron chi connectivity index (χ3n) is 5.29. The van der Waals surface area contributed by atoms with Crippen LogP contribution in [0.5, 0.6) is 0 Å². The van der Waals surface area contributed by atoms with Crippen LogP contribution in [-0.4, -0.2) is 65.1 Å². The highest BCUT2D eigenvalue weighted by molar-refractivity contribution is 14.0. The molecule has 160 valence electrons. The number of aromatic nitrogens is 3. The predicted molar refractivity (Wildman–Crippen MR) is 134 cm³/mol. The molecular weight excluding hydrogens is 489 g/mol.